The number of carbonyl (C=O) groups excluding carboxylic acids is 1. The Labute approximate surface area is 224 Å². The van der Waals surface area contributed by atoms with Crippen molar-refractivity contribution >= 4 is 42.6 Å². The summed E-state index contributed by atoms with van der Waals surface area (Å²) >= 11 is 1.40. The molecular weight excluding hydrogens is 527 g/mol. The van der Waals surface area contributed by atoms with E-state index in [0.717, 1.165) is 10.8 Å². The molecule has 0 unspecified atom stereocenters. The quantitative estimate of drug-likeness (QED) is 0.309. The molecular formula is C27H27FN4O4S2. The van der Waals surface area contributed by atoms with Gasteiger partial charge in [-0.3, -0.25) is 14.7 Å². The van der Waals surface area contributed by atoms with Crippen molar-refractivity contribution in [3.8, 4) is 5.75 Å². The zero-order valence-corrected chi connectivity index (χ0v) is 22.4. The maximum absolute atomic E-state index is 14.2. The lowest BCUT2D eigenvalue weighted by atomic mass is 9.96. The van der Waals surface area contributed by atoms with Gasteiger partial charge in [0.15, 0.2) is 5.13 Å². The molecule has 11 heteroatoms. The minimum Gasteiger partial charge on any atom is -0.492 e. The molecule has 1 aliphatic rings. The van der Waals surface area contributed by atoms with Crippen LogP contribution in [0.25, 0.3) is 10.2 Å². The first kappa shape index (κ1) is 26.2. The second kappa shape index (κ2) is 11.1. The minimum absolute atomic E-state index is 0.124. The first-order valence-corrected chi connectivity index (χ1v) is 14.6. The number of hydrogen-bond donors (Lipinski definition) is 0. The molecule has 0 bridgehead atoms. The third-order valence-electron chi connectivity index (χ3n) is 6.47. The number of fused-ring (bicyclic) bond motifs is 1. The molecule has 198 valence electrons. The Morgan fingerprint density at radius 1 is 1.11 bits per heavy atom. The molecule has 1 saturated heterocycles. The summed E-state index contributed by atoms with van der Waals surface area (Å²) in [7, 11) is -3.99. The molecule has 0 aliphatic carbocycles. The van der Waals surface area contributed by atoms with E-state index in [4.69, 9.17) is 9.72 Å². The molecule has 2 aromatic heterocycles. The number of carbonyl (C=O) groups is 1. The van der Waals surface area contributed by atoms with Crippen molar-refractivity contribution in [3.05, 3.63) is 78.4 Å². The second-order valence-electron chi connectivity index (χ2n) is 8.89. The standard InChI is InChI=1S/C27H27FN4O4S2/c1-2-36-22-10-7-11-23-25(22)30-27(37-23)32(18-20-8-5-6-15-29-20)26(33)19-13-16-31(17-14-19)38(34,35)24-12-4-3-9-21(24)28/h3-12,15,19H,2,13-14,16-18H2,1H3. The Morgan fingerprint density at radius 2 is 1.87 bits per heavy atom. The summed E-state index contributed by atoms with van der Waals surface area (Å²) in [6.45, 7) is 2.88. The van der Waals surface area contributed by atoms with Crippen molar-refractivity contribution < 1.29 is 22.3 Å². The van der Waals surface area contributed by atoms with E-state index in [9.17, 15) is 17.6 Å². The number of aromatic nitrogens is 2. The maximum Gasteiger partial charge on any atom is 0.245 e. The highest BCUT2D eigenvalue weighted by atomic mass is 32.2. The zero-order valence-electron chi connectivity index (χ0n) is 20.8. The molecule has 1 aliphatic heterocycles. The molecule has 0 atom stereocenters. The molecule has 38 heavy (non-hydrogen) atoms. The molecule has 0 N–H and O–H groups in total. The summed E-state index contributed by atoms with van der Waals surface area (Å²) in [5.41, 5.74) is 1.41. The van der Waals surface area contributed by atoms with E-state index in [0.29, 0.717) is 41.5 Å². The fraction of sp³-hybridized carbons (Fsp3) is 0.296. The van der Waals surface area contributed by atoms with Gasteiger partial charge in [0, 0.05) is 25.2 Å². The monoisotopic (exact) mass is 554 g/mol. The van der Waals surface area contributed by atoms with Crippen LogP contribution in [0.5, 0.6) is 5.75 Å². The second-order valence-corrected chi connectivity index (χ2v) is 11.8. The molecule has 4 aromatic rings. The fourth-order valence-electron chi connectivity index (χ4n) is 4.55. The van der Waals surface area contributed by atoms with Gasteiger partial charge in [-0.15, -0.1) is 0 Å². The van der Waals surface area contributed by atoms with Gasteiger partial charge < -0.3 is 4.74 Å². The smallest absolute Gasteiger partial charge is 0.245 e. The van der Waals surface area contributed by atoms with Gasteiger partial charge in [-0.25, -0.2) is 17.8 Å². The normalized spacial score (nSPS) is 15.0. The van der Waals surface area contributed by atoms with E-state index < -0.39 is 21.8 Å². The Bertz CT molecular complexity index is 1540. The van der Waals surface area contributed by atoms with E-state index in [1.165, 1.54) is 33.8 Å². The van der Waals surface area contributed by atoms with Crippen LogP contribution in [0, 0.1) is 11.7 Å². The molecule has 0 spiro atoms. The summed E-state index contributed by atoms with van der Waals surface area (Å²) < 4.78 is 48.2. The van der Waals surface area contributed by atoms with Crippen LogP contribution >= 0.6 is 11.3 Å². The average molecular weight is 555 g/mol. The van der Waals surface area contributed by atoms with Crippen molar-refractivity contribution in [1.82, 2.24) is 14.3 Å². The molecule has 2 aromatic carbocycles. The number of halogens is 1. The van der Waals surface area contributed by atoms with Crippen LogP contribution in [0.4, 0.5) is 9.52 Å². The van der Waals surface area contributed by atoms with Crippen LogP contribution in [0.2, 0.25) is 0 Å². The highest BCUT2D eigenvalue weighted by Gasteiger charge is 2.36. The van der Waals surface area contributed by atoms with Crippen LogP contribution in [0.1, 0.15) is 25.5 Å². The fourth-order valence-corrected chi connectivity index (χ4v) is 7.07. The van der Waals surface area contributed by atoms with E-state index >= 15 is 0 Å². The average Bonchev–Trinajstić information content (AvgIpc) is 3.37. The summed E-state index contributed by atoms with van der Waals surface area (Å²) in [6.07, 6.45) is 2.32. The highest BCUT2D eigenvalue weighted by Crippen LogP contribution is 2.36. The predicted molar refractivity (Wildman–Crippen MR) is 144 cm³/mol. The number of ether oxygens (including phenoxy) is 1. The van der Waals surface area contributed by atoms with Crippen molar-refractivity contribution in [2.24, 2.45) is 5.92 Å². The minimum atomic E-state index is -3.99. The van der Waals surface area contributed by atoms with Gasteiger partial charge in [0.2, 0.25) is 15.9 Å². The maximum atomic E-state index is 14.2. The van der Waals surface area contributed by atoms with Gasteiger partial charge >= 0.3 is 0 Å². The number of amides is 1. The number of nitrogens with zero attached hydrogens (tertiary/aromatic N) is 4. The largest absolute Gasteiger partial charge is 0.492 e. The number of para-hydroxylation sites is 1. The van der Waals surface area contributed by atoms with Crippen LogP contribution in [-0.4, -0.2) is 48.3 Å². The number of thiazole rings is 1. The van der Waals surface area contributed by atoms with Crippen molar-refractivity contribution in [1.29, 1.82) is 0 Å². The van der Waals surface area contributed by atoms with Gasteiger partial charge in [-0.05, 0) is 56.2 Å². The third kappa shape index (κ3) is 5.27. The molecule has 5 rings (SSSR count). The Kier molecular flexibility index (Phi) is 7.68. The number of anilines is 1. The first-order chi connectivity index (χ1) is 18.4. The number of sulfonamides is 1. The SMILES string of the molecule is CCOc1cccc2sc(N(Cc3ccccn3)C(=O)C3CCN(S(=O)(=O)c4ccccc4F)CC3)nc12. The van der Waals surface area contributed by atoms with E-state index in [-0.39, 0.29) is 30.4 Å². The van der Waals surface area contributed by atoms with Gasteiger partial charge in [0.25, 0.3) is 0 Å². The van der Waals surface area contributed by atoms with Crippen molar-refractivity contribution in [2.75, 3.05) is 24.6 Å². The van der Waals surface area contributed by atoms with Crippen LogP contribution < -0.4 is 9.64 Å². The van der Waals surface area contributed by atoms with E-state index in [1.807, 2.05) is 43.3 Å². The Balaban J connectivity index is 1.40. The molecule has 1 fully saturated rings. The molecule has 3 heterocycles. The van der Waals surface area contributed by atoms with Crippen LogP contribution in [-0.2, 0) is 21.4 Å². The van der Waals surface area contributed by atoms with E-state index in [1.54, 1.807) is 11.1 Å². The highest BCUT2D eigenvalue weighted by molar-refractivity contribution is 7.89. The van der Waals surface area contributed by atoms with Gasteiger partial charge in [-0.2, -0.15) is 4.31 Å². The number of pyridine rings is 1. The van der Waals surface area contributed by atoms with Crippen LogP contribution in [0.3, 0.4) is 0 Å². The lowest BCUT2D eigenvalue weighted by molar-refractivity contribution is -0.123. The molecule has 0 radical (unpaired) electrons. The number of benzene rings is 2. The summed E-state index contributed by atoms with van der Waals surface area (Å²) in [5, 5.41) is 0.532. The molecule has 1 amide bonds. The van der Waals surface area contributed by atoms with Gasteiger partial charge in [0.1, 0.15) is 22.0 Å². The predicted octanol–water partition coefficient (Wildman–Crippen LogP) is 4.86. The van der Waals surface area contributed by atoms with Crippen molar-refractivity contribution in [2.45, 2.75) is 31.2 Å². The number of hydrogen-bond acceptors (Lipinski definition) is 7. The van der Waals surface area contributed by atoms with Crippen molar-refractivity contribution in [3.63, 3.8) is 0 Å². The zero-order chi connectivity index (χ0) is 26.7. The van der Waals surface area contributed by atoms with Gasteiger partial charge in [-0.1, -0.05) is 35.6 Å². The summed E-state index contributed by atoms with van der Waals surface area (Å²) in [6, 6.07) is 16.6. The third-order valence-corrected chi connectivity index (χ3v) is 9.45. The summed E-state index contributed by atoms with van der Waals surface area (Å²) in [5.74, 6) is -0.682. The number of piperidine rings is 1. The Hall–Kier alpha value is -3.41. The van der Waals surface area contributed by atoms with Crippen LogP contribution in [0.15, 0.2) is 71.8 Å². The topological polar surface area (TPSA) is 92.7 Å². The lowest BCUT2D eigenvalue weighted by Gasteiger charge is -2.33. The molecule has 8 nitrogen and oxygen atoms in total. The molecule has 0 saturated carbocycles. The number of rotatable bonds is 8. The van der Waals surface area contributed by atoms with Gasteiger partial charge in [0.05, 0.1) is 23.5 Å². The summed E-state index contributed by atoms with van der Waals surface area (Å²) in [4.78, 5) is 24.3. The van der Waals surface area contributed by atoms with E-state index in [2.05, 4.69) is 4.98 Å². The lowest BCUT2D eigenvalue weighted by Crippen LogP contribution is -2.44. The first-order valence-electron chi connectivity index (χ1n) is 12.4. The Morgan fingerprint density at radius 3 is 2.58 bits per heavy atom.